The second kappa shape index (κ2) is 8.63. The average Bonchev–Trinajstić information content (AvgIpc) is 2.62. The lowest BCUT2D eigenvalue weighted by molar-refractivity contribution is -0.843. The number of hydrogen-bond donors (Lipinski definition) is 1. The van der Waals surface area contributed by atoms with Crippen LogP contribution in [0, 0.1) is 11.3 Å². The van der Waals surface area contributed by atoms with Crippen LogP contribution in [0.5, 0.6) is 11.5 Å². The van der Waals surface area contributed by atoms with Gasteiger partial charge in [0.1, 0.15) is 17.6 Å². The summed E-state index contributed by atoms with van der Waals surface area (Å²) in [4.78, 5) is 4.67. The van der Waals surface area contributed by atoms with Crippen molar-refractivity contribution >= 4 is 5.57 Å². The molecule has 0 aliphatic heterocycles. The fourth-order valence-electron chi connectivity index (χ4n) is 2.07. The summed E-state index contributed by atoms with van der Waals surface area (Å²) in [5.41, 5.74) is 2.45. The van der Waals surface area contributed by atoms with Gasteiger partial charge in [0.2, 0.25) is 0 Å². The molecular formula is C19H18FN2O2+. The quantitative estimate of drug-likeness (QED) is 0.500. The molecule has 5 heteroatoms. The summed E-state index contributed by atoms with van der Waals surface area (Å²) in [7, 11) is 1.41. The number of benzene rings is 2. The SMILES string of the molecule is CO[NH2+]C=C(F)C(C#N)=C(C)c1ccc(Oc2ccccc2)cc1. The molecule has 0 saturated carbocycles. The maximum Gasteiger partial charge on any atom is 0.197 e. The largest absolute Gasteiger partial charge is 0.457 e. The molecule has 0 heterocycles. The third-order valence-electron chi connectivity index (χ3n) is 3.34. The van der Waals surface area contributed by atoms with Gasteiger partial charge in [-0.25, -0.2) is 4.84 Å². The standard InChI is InChI=1S/C19H17FN2O2/c1-14(18(12-21)19(20)13-22-23-2)15-8-10-17(11-9-15)24-16-6-4-3-5-7-16/h3-11,13,22H,1-2H3/p+1. The Bertz CT molecular complexity index is 775. The Morgan fingerprint density at radius 1 is 1.08 bits per heavy atom. The molecule has 2 rings (SSSR count). The second-order valence-electron chi connectivity index (χ2n) is 4.94. The number of para-hydroxylation sites is 1. The molecule has 0 saturated heterocycles. The Labute approximate surface area is 140 Å². The van der Waals surface area contributed by atoms with Crippen molar-refractivity contribution < 1.29 is 19.4 Å². The number of nitrogens with zero attached hydrogens (tertiary/aromatic N) is 1. The molecule has 24 heavy (non-hydrogen) atoms. The molecule has 0 bridgehead atoms. The molecule has 0 aliphatic rings. The van der Waals surface area contributed by atoms with E-state index in [2.05, 4.69) is 4.84 Å². The molecule has 2 aromatic carbocycles. The number of allylic oxidation sites excluding steroid dienone is 3. The first-order valence-electron chi connectivity index (χ1n) is 7.32. The van der Waals surface area contributed by atoms with Crippen molar-refractivity contribution in [2.45, 2.75) is 6.92 Å². The highest BCUT2D eigenvalue weighted by molar-refractivity contribution is 5.74. The minimum Gasteiger partial charge on any atom is -0.457 e. The number of ether oxygens (including phenoxy) is 1. The van der Waals surface area contributed by atoms with Gasteiger partial charge in [-0.15, -0.1) is 0 Å². The van der Waals surface area contributed by atoms with Crippen LogP contribution in [0.25, 0.3) is 5.57 Å². The van der Waals surface area contributed by atoms with Gasteiger partial charge in [0.25, 0.3) is 0 Å². The van der Waals surface area contributed by atoms with E-state index in [0.29, 0.717) is 11.3 Å². The highest BCUT2D eigenvalue weighted by Crippen LogP contribution is 2.27. The number of halogens is 1. The molecule has 0 aliphatic carbocycles. The number of hydroxylamine groups is 1. The molecule has 0 amide bonds. The first kappa shape index (κ1) is 17.4. The van der Waals surface area contributed by atoms with Crippen molar-refractivity contribution in [2.75, 3.05) is 7.11 Å². The van der Waals surface area contributed by atoms with E-state index < -0.39 is 5.83 Å². The Kier molecular flexibility index (Phi) is 6.26. The highest BCUT2D eigenvalue weighted by atomic mass is 19.1. The maximum atomic E-state index is 14.0. The van der Waals surface area contributed by atoms with E-state index in [0.717, 1.165) is 17.5 Å². The lowest BCUT2D eigenvalue weighted by Gasteiger charge is -2.08. The maximum absolute atomic E-state index is 14.0. The van der Waals surface area contributed by atoms with Gasteiger partial charge in [0.05, 0.1) is 12.7 Å². The minimum absolute atomic E-state index is 0.0278. The topological polar surface area (TPSA) is 58.9 Å². The van der Waals surface area contributed by atoms with E-state index in [4.69, 9.17) is 4.74 Å². The van der Waals surface area contributed by atoms with Gasteiger partial charge >= 0.3 is 0 Å². The van der Waals surface area contributed by atoms with Crippen molar-refractivity contribution in [1.29, 1.82) is 5.26 Å². The second-order valence-corrected chi connectivity index (χ2v) is 4.94. The zero-order chi connectivity index (χ0) is 17.4. The molecule has 4 nitrogen and oxygen atoms in total. The molecule has 0 unspecified atom stereocenters. The van der Waals surface area contributed by atoms with Crippen LogP contribution >= 0.6 is 0 Å². The lowest BCUT2D eigenvalue weighted by atomic mass is 10.0. The smallest absolute Gasteiger partial charge is 0.197 e. The summed E-state index contributed by atoms with van der Waals surface area (Å²) >= 11 is 0. The molecule has 0 aromatic heterocycles. The third kappa shape index (κ3) is 4.53. The van der Waals surface area contributed by atoms with Crippen LogP contribution in [-0.4, -0.2) is 7.11 Å². The molecule has 122 valence electrons. The highest BCUT2D eigenvalue weighted by Gasteiger charge is 2.12. The van der Waals surface area contributed by atoms with Crippen LogP contribution in [-0.2, 0) is 4.84 Å². The van der Waals surface area contributed by atoms with Gasteiger partial charge in [-0.2, -0.15) is 15.1 Å². The Morgan fingerprint density at radius 3 is 2.29 bits per heavy atom. The predicted molar refractivity (Wildman–Crippen MR) is 89.3 cm³/mol. The number of nitrogens with two attached hydrogens (primary N) is 1. The average molecular weight is 325 g/mol. The monoisotopic (exact) mass is 325 g/mol. The number of hydrogen-bond acceptors (Lipinski definition) is 3. The van der Waals surface area contributed by atoms with E-state index in [1.807, 2.05) is 36.4 Å². The summed E-state index contributed by atoms with van der Waals surface area (Å²) in [6.45, 7) is 1.70. The number of rotatable bonds is 6. The Hall–Kier alpha value is -2.94. The van der Waals surface area contributed by atoms with Gasteiger partial charge in [0.15, 0.2) is 12.0 Å². The van der Waals surface area contributed by atoms with Crippen LogP contribution in [0.4, 0.5) is 4.39 Å². The van der Waals surface area contributed by atoms with Crippen LogP contribution < -0.4 is 10.2 Å². The van der Waals surface area contributed by atoms with E-state index >= 15 is 0 Å². The van der Waals surface area contributed by atoms with Crippen molar-refractivity contribution in [1.82, 2.24) is 0 Å². The van der Waals surface area contributed by atoms with Gasteiger partial charge in [-0.1, -0.05) is 30.3 Å². The lowest BCUT2D eigenvalue weighted by Crippen LogP contribution is -2.76. The number of quaternary nitrogens is 1. The van der Waals surface area contributed by atoms with Crippen molar-refractivity contribution in [3.05, 3.63) is 77.8 Å². The summed E-state index contributed by atoms with van der Waals surface area (Å²) in [6.07, 6.45) is 1.12. The molecule has 0 fully saturated rings. The zero-order valence-corrected chi connectivity index (χ0v) is 13.5. The van der Waals surface area contributed by atoms with Crippen LogP contribution in [0.1, 0.15) is 12.5 Å². The Balaban J connectivity index is 2.22. The molecule has 0 radical (unpaired) electrons. The van der Waals surface area contributed by atoms with E-state index in [1.165, 1.54) is 12.6 Å². The van der Waals surface area contributed by atoms with Gasteiger partial charge in [-0.05, 0) is 42.3 Å². The summed E-state index contributed by atoms with van der Waals surface area (Å²) in [5.74, 6) is 0.765. The summed E-state index contributed by atoms with van der Waals surface area (Å²) in [6, 6.07) is 18.5. The summed E-state index contributed by atoms with van der Waals surface area (Å²) < 4.78 is 19.7. The molecular weight excluding hydrogens is 307 g/mol. The first-order chi connectivity index (χ1) is 11.7. The van der Waals surface area contributed by atoms with E-state index in [9.17, 15) is 9.65 Å². The van der Waals surface area contributed by atoms with Gasteiger partial charge < -0.3 is 4.74 Å². The predicted octanol–water partition coefficient (Wildman–Crippen LogP) is 3.71. The number of nitriles is 1. The fourth-order valence-corrected chi connectivity index (χ4v) is 2.07. The van der Waals surface area contributed by atoms with Crippen LogP contribution in [0.15, 0.2) is 72.2 Å². The van der Waals surface area contributed by atoms with E-state index in [-0.39, 0.29) is 5.57 Å². The summed E-state index contributed by atoms with van der Waals surface area (Å²) in [5, 5.41) is 9.21. The molecule has 0 spiro atoms. The normalized spacial score (nSPS) is 12.3. The molecule has 2 aromatic rings. The van der Waals surface area contributed by atoms with Gasteiger partial charge in [-0.3, -0.25) is 0 Å². The fraction of sp³-hybridized carbons (Fsp3) is 0.105. The van der Waals surface area contributed by atoms with Crippen molar-refractivity contribution in [3.63, 3.8) is 0 Å². The van der Waals surface area contributed by atoms with Crippen LogP contribution in [0.2, 0.25) is 0 Å². The van der Waals surface area contributed by atoms with Crippen molar-refractivity contribution in [2.24, 2.45) is 0 Å². The minimum atomic E-state index is -0.638. The van der Waals surface area contributed by atoms with Crippen LogP contribution in [0.3, 0.4) is 0 Å². The molecule has 0 atom stereocenters. The van der Waals surface area contributed by atoms with Gasteiger partial charge in [0, 0.05) is 0 Å². The molecule has 2 N–H and O–H groups in total. The Morgan fingerprint density at radius 2 is 1.71 bits per heavy atom. The van der Waals surface area contributed by atoms with Crippen molar-refractivity contribution in [3.8, 4) is 17.6 Å². The first-order valence-corrected chi connectivity index (χ1v) is 7.32. The third-order valence-corrected chi connectivity index (χ3v) is 3.34. The zero-order valence-electron chi connectivity index (χ0n) is 13.5. The van der Waals surface area contributed by atoms with E-state index in [1.54, 1.807) is 31.2 Å².